The largest absolute Gasteiger partial charge is 0.462 e. The van der Waals surface area contributed by atoms with Crippen molar-refractivity contribution in [1.29, 1.82) is 0 Å². The van der Waals surface area contributed by atoms with Gasteiger partial charge >= 0.3 is 6.01 Å². The Kier molecular flexibility index (Phi) is 7.32. The minimum absolute atomic E-state index is 0.00327. The van der Waals surface area contributed by atoms with E-state index < -0.39 is 23.4 Å². The average Bonchev–Trinajstić information content (AvgIpc) is 3.63. The summed E-state index contributed by atoms with van der Waals surface area (Å²) in [5.41, 5.74) is 0.295. The maximum atomic E-state index is 16.5. The van der Waals surface area contributed by atoms with Crippen molar-refractivity contribution in [2.75, 3.05) is 44.7 Å². The van der Waals surface area contributed by atoms with Crippen LogP contribution < -0.4 is 9.64 Å². The minimum Gasteiger partial charge on any atom is -0.462 e. The first-order chi connectivity index (χ1) is 21.2. The van der Waals surface area contributed by atoms with Gasteiger partial charge in [0.2, 0.25) is 0 Å². The number of likely N-dealkylation sites (tertiary alicyclic amines) is 1. The predicted molar refractivity (Wildman–Crippen MR) is 162 cm³/mol. The molecule has 7 rings (SSSR count). The fourth-order valence-electron chi connectivity index (χ4n) is 7.04. The molecule has 3 fully saturated rings. The molecule has 4 aromatic rings. The third-order valence-electron chi connectivity index (χ3n) is 9.40. The van der Waals surface area contributed by atoms with Gasteiger partial charge in [-0.2, -0.15) is 9.97 Å². The monoisotopic (exact) mass is 622 g/mol. The maximum absolute atomic E-state index is 16.5. The van der Waals surface area contributed by atoms with Gasteiger partial charge in [0.1, 0.15) is 29.5 Å². The average molecular weight is 623 g/mol. The molecule has 2 unspecified atom stereocenters. The van der Waals surface area contributed by atoms with Crippen molar-refractivity contribution in [2.24, 2.45) is 5.92 Å². The second-order valence-electron chi connectivity index (χ2n) is 11.7. The highest BCUT2D eigenvalue weighted by atomic mass is 35.5. The smallest absolute Gasteiger partial charge is 0.319 e. The SMILES string of the molecule is C=C(F)C(=O)N1CCN(c2nc(OCC3[C@@H]4CCC(C4)N3C)nc3c(F)c(-c4cccc5ccc(F)c(Cl)c45)ncc23)CC1. The topological polar surface area (TPSA) is 74.7 Å². The number of piperazine rings is 1. The van der Waals surface area contributed by atoms with Crippen molar-refractivity contribution in [1.82, 2.24) is 24.8 Å². The Labute approximate surface area is 257 Å². The van der Waals surface area contributed by atoms with Crippen LogP contribution in [0.15, 0.2) is 48.9 Å². The lowest BCUT2D eigenvalue weighted by molar-refractivity contribution is -0.128. The molecule has 228 valence electrons. The van der Waals surface area contributed by atoms with E-state index in [0.717, 1.165) is 12.8 Å². The highest BCUT2D eigenvalue weighted by molar-refractivity contribution is 6.36. The maximum Gasteiger partial charge on any atom is 0.319 e. The zero-order chi connectivity index (χ0) is 30.7. The Bertz CT molecular complexity index is 1810. The number of nitrogens with zero attached hydrogens (tertiary/aromatic N) is 6. The van der Waals surface area contributed by atoms with Crippen LogP contribution in [-0.4, -0.2) is 82.6 Å². The van der Waals surface area contributed by atoms with E-state index >= 15 is 4.39 Å². The van der Waals surface area contributed by atoms with E-state index in [1.807, 2.05) is 4.90 Å². The Hall–Kier alpha value is -3.96. The molecule has 1 amide bonds. The van der Waals surface area contributed by atoms with Gasteiger partial charge in [0.05, 0.1) is 10.4 Å². The van der Waals surface area contributed by atoms with E-state index in [2.05, 4.69) is 28.5 Å². The summed E-state index contributed by atoms with van der Waals surface area (Å²) < 4.78 is 50.7. The molecule has 2 aromatic carbocycles. The van der Waals surface area contributed by atoms with E-state index in [1.54, 1.807) is 24.3 Å². The van der Waals surface area contributed by atoms with Crippen molar-refractivity contribution in [2.45, 2.75) is 31.3 Å². The molecule has 2 aromatic heterocycles. The summed E-state index contributed by atoms with van der Waals surface area (Å²) in [5.74, 6) is -2.17. The van der Waals surface area contributed by atoms with Gasteiger partial charge in [-0.05, 0) is 43.7 Å². The Balaban J connectivity index is 1.30. The van der Waals surface area contributed by atoms with Crippen LogP contribution in [0.2, 0.25) is 5.02 Å². The quantitative estimate of drug-likeness (QED) is 0.253. The summed E-state index contributed by atoms with van der Waals surface area (Å²) in [6.45, 7) is 4.58. The first kappa shape index (κ1) is 28.8. The number of carbonyl (C=O) groups is 1. The molecule has 0 N–H and O–H groups in total. The molecule has 44 heavy (non-hydrogen) atoms. The highest BCUT2D eigenvalue weighted by Gasteiger charge is 2.44. The van der Waals surface area contributed by atoms with E-state index in [9.17, 15) is 13.6 Å². The van der Waals surface area contributed by atoms with E-state index in [0.29, 0.717) is 59.2 Å². The van der Waals surface area contributed by atoms with E-state index in [-0.39, 0.29) is 41.4 Å². The molecule has 2 bridgehead atoms. The number of piperidine rings is 1. The molecule has 4 heterocycles. The zero-order valence-electron chi connectivity index (χ0n) is 24.1. The van der Waals surface area contributed by atoms with Crippen LogP contribution in [0.4, 0.5) is 19.0 Å². The highest BCUT2D eigenvalue weighted by Crippen LogP contribution is 2.42. The number of rotatable bonds is 6. The van der Waals surface area contributed by atoms with Crippen molar-refractivity contribution in [3.8, 4) is 17.3 Å². The summed E-state index contributed by atoms with van der Waals surface area (Å²) in [5, 5.41) is 1.22. The molecule has 3 atom stereocenters. The Morgan fingerprint density at radius 2 is 1.91 bits per heavy atom. The van der Waals surface area contributed by atoms with Crippen LogP contribution in [0.1, 0.15) is 19.3 Å². The molecule has 1 aliphatic carbocycles. The summed E-state index contributed by atoms with van der Waals surface area (Å²) in [6.07, 6.45) is 4.96. The van der Waals surface area contributed by atoms with E-state index in [4.69, 9.17) is 21.3 Å². The standard InChI is InChI=1S/C32H30ClF3N6O2/c1-17(34)31(43)42-12-10-41(11-13-42)30-22-15-37-28(21-5-3-4-18-7-9-23(35)26(33)25(18)21)27(36)29(22)38-32(39-30)44-16-24-19-6-8-20(14-19)40(24)2/h3-5,7,9,15,19-20,24H,1,6,8,10-14,16H2,2H3/t19-,20?,24?/m1/s1. The lowest BCUT2D eigenvalue weighted by atomic mass is 10.00. The van der Waals surface area contributed by atoms with Crippen LogP contribution in [0, 0.1) is 17.6 Å². The van der Waals surface area contributed by atoms with Gasteiger partial charge in [0.15, 0.2) is 11.6 Å². The van der Waals surface area contributed by atoms with Gasteiger partial charge in [0, 0.05) is 55.4 Å². The van der Waals surface area contributed by atoms with E-state index in [1.165, 1.54) is 23.6 Å². The van der Waals surface area contributed by atoms with Gasteiger partial charge < -0.3 is 14.5 Å². The Morgan fingerprint density at radius 3 is 2.64 bits per heavy atom. The summed E-state index contributed by atoms with van der Waals surface area (Å²) in [6, 6.07) is 8.78. The number of aromatic nitrogens is 3. The number of likely N-dealkylation sites (N-methyl/N-ethyl adjacent to an activating group) is 1. The number of fused-ring (bicyclic) bond motifs is 4. The van der Waals surface area contributed by atoms with Gasteiger partial charge in [-0.3, -0.25) is 14.7 Å². The molecule has 0 spiro atoms. The number of anilines is 1. The van der Waals surface area contributed by atoms with Gasteiger partial charge in [-0.15, -0.1) is 0 Å². The molecule has 3 aliphatic rings. The number of carbonyl (C=O) groups excluding carboxylic acids is 1. The lowest BCUT2D eigenvalue weighted by Crippen LogP contribution is -2.49. The first-order valence-corrected chi connectivity index (χ1v) is 15.1. The molecular weight excluding hydrogens is 593 g/mol. The number of pyridine rings is 1. The number of amides is 1. The van der Waals surface area contributed by atoms with Crippen LogP contribution in [0.25, 0.3) is 32.9 Å². The minimum atomic E-state index is -1.01. The fraction of sp³-hybridized carbons (Fsp3) is 0.375. The van der Waals surface area contributed by atoms with Crippen LogP contribution in [-0.2, 0) is 4.79 Å². The summed E-state index contributed by atoms with van der Waals surface area (Å²) in [4.78, 5) is 31.4. The van der Waals surface area contributed by atoms with Crippen LogP contribution in [0.5, 0.6) is 6.01 Å². The fourth-order valence-corrected chi connectivity index (χ4v) is 7.32. The van der Waals surface area contributed by atoms with Crippen molar-refractivity contribution in [3.05, 3.63) is 65.6 Å². The first-order valence-electron chi connectivity index (χ1n) is 14.7. The van der Waals surface area contributed by atoms with Crippen LogP contribution in [0.3, 0.4) is 0 Å². The number of hydrogen-bond acceptors (Lipinski definition) is 7. The molecule has 2 aliphatic heterocycles. The number of benzene rings is 2. The van der Waals surface area contributed by atoms with Crippen LogP contribution >= 0.6 is 11.6 Å². The van der Waals surface area contributed by atoms with Crippen molar-refractivity contribution >= 4 is 45.0 Å². The number of halogens is 4. The molecule has 8 nitrogen and oxygen atoms in total. The molecule has 1 saturated carbocycles. The zero-order valence-corrected chi connectivity index (χ0v) is 24.8. The number of ether oxygens (including phenoxy) is 1. The lowest BCUT2D eigenvalue weighted by Gasteiger charge is -2.35. The predicted octanol–water partition coefficient (Wildman–Crippen LogP) is 5.77. The second-order valence-corrected chi connectivity index (χ2v) is 12.1. The summed E-state index contributed by atoms with van der Waals surface area (Å²) >= 11 is 6.36. The summed E-state index contributed by atoms with van der Waals surface area (Å²) in [7, 11) is 2.10. The number of hydrogen-bond donors (Lipinski definition) is 0. The Morgan fingerprint density at radius 1 is 1.11 bits per heavy atom. The van der Waals surface area contributed by atoms with Crippen molar-refractivity contribution in [3.63, 3.8) is 0 Å². The third kappa shape index (κ3) is 4.82. The molecular formula is C32H30ClF3N6O2. The molecule has 12 heteroatoms. The van der Waals surface area contributed by atoms with Crippen molar-refractivity contribution < 1.29 is 22.7 Å². The second kappa shape index (κ2) is 11.2. The molecule has 0 radical (unpaired) electrons. The third-order valence-corrected chi connectivity index (χ3v) is 9.77. The normalized spacial score (nSPS) is 21.9. The van der Waals surface area contributed by atoms with Gasteiger partial charge in [-0.1, -0.05) is 42.4 Å². The van der Waals surface area contributed by atoms with Gasteiger partial charge in [-0.25, -0.2) is 13.2 Å². The van der Waals surface area contributed by atoms with Gasteiger partial charge in [0.25, 0.3) is 5.91 Å². The molecule has 2 saturated heterocycles.